The van der Waals surface area contributed by atoms with Crippen LogP contribution in [0.3, 0.4) is 0 Å². The number of hydrogen-bond donors (Lipinski definition) is 3. The number of aliphatic hydroxyl groups excluding tert-OH is 3. The van der Waals surface area contributed by atoms with E-state index in [1.54, 1.807) is 0 Å². The fourth-order valence-corrected chi connectivity index (χ4v) is 1.17. The first kappa shape index (κ1) is 10.6. The number of aliphatic hydroxyl groups is 3. The molecule has 5 nitrogen and oxygen atoms in total. The number of rotatable bonds is 4. The second-order valence-corrected chi connectivity index (χ2v) is 2.83. The molecule has 3 N–H and O–H groups in total. The molecule has 0 aromatic heterocycles. The van der Waals surface area contributed by atoms with Crippen LogP contribution in [0.1, 0.15) is 0 Å². The number of hydrogen-bond acceptors (Lipinski definition) is 5. The van der Waals surface area contributed by atoms with Gasteiger partial charge in [-0.15, -0.1) is 6.58 Å². The maximum absolute atomic E-state index is 9.34. The van der Waals surface area contributed by atoms with E-state index in [9.17, 15) is 10.2 Å². The highest BCUT2D eigenvalue weighted by Gasteiger charge is 2.42. The normalized spacial score (nSPS) is 39.3. The van der Waals surface area contributed by atoms with Crippen LogP contribution in [0.5, 0.6) is 0 Å². The van der Waals surface area contributed by atoms with Gasteiger partial charge in [0.05, 0.1) is 13.2 Å². The third-order valence-electron chi connectivity index (χ3n) is 1.88. The van der Waals surface area contributed by atoms with Crippen LogP contribution in [0.25, 0.3) is 0 Å². The quantitative estimate of drug-likeness (QED) is 0.476. The fraction of sp³-hybridized carbons (Fsp3) is 0.750. The minimum Gasteiger partial charge on any atom is -0.394 e. The van der Waals surface area contributed by atoms with Gasteiger partial charge < -0.3 is 24.8 Å². The van der Waals surface area contributed by atoms with Gasteiger partial charge in [-0.2, -0.15) is 0 Å². The van der Waals surface area contributed by atoms with E-state index in [0.717, 1.165) is 0 Å². The van der Waals surface area contributed by atoms with Gasteiger partial charge >= 0.3 is 0 Å². The van der Waals surface area contributed by atoms with E-state index >= 15 is 0 Å². The molecule has 13 heavy (non-hydrogen) atoms. The molecular weight excluding hydrogens is 176 g/mol. The molecule has 0 saturated carbocycles. The van der Waals surface area contributed by atoms with E-state index in [2.05, 4.69) is 6.58 Å². The molecule has 0 amide bonds. The molecule has 0 aromatic rings. The summed E-state index contributed by atoms with van der Waals surface area (Å²) < 4.78 is 10.0. The van der Waals surface area contributed by atoms with Crippen molar-refractivity contribution in [3.8, 4) is 0 Å². The maximum Gasteiger partial charge on any atom is 0.187 e. The zero-order valence-corrected chi connectivity index (χ0v) is 7.17. The summed E-state index contributed by atoms with van der Waals surface area (Å²) in [7, 11) is 0. The summed E-state index contributed by atoms with van der Waals surface area (Å²) in [6, 6.07) is 0. The lowest BCUT2D eigenvalue weighted by Gasteiger charge is -2.13. The van der Waals surface area contributed by atoms with Crippen molar-refractivity contribution < 1.29 is 24.8 Å². The Labute approximate surface area is 76.2 Å². The third-order valence-corrected chi connectivity index (χ3v) is 1.88. The Morgan fingerprint density at radius 2 is 2.08 bits per heavy atom. The highest BCUT2D eigenvalue weighted by atomic mass is 16.7. The van der Waals surface area contributed by atoms with Crippen molar-refractivity contribution >= 4 is 0 Å². The van der Waals surface area contributed by atoms with Crippen LogP contribution in [0.4, 0.5) is 0 Å². The van der Waals surface area contributed by atoms with E-state index < -0.39 is 24.6 Å². The van der Waals surface area contributed by atoms with Crippen molar-refractivity contribution in [3.05, 3.63) is 12.7 Å². The van der Waals surface area contributed by atoms with E-state index in [0.29, 0.717) is 0 Å². The van der Waals surface area contributed by atoms with Crippen molar-refractivity contribution in [1.82, 2.24) is 0 Å². The van der Waals surface area contributed by atoms with Crippen LogP contribution in [-0.4, -0.2) is 53.1 Å². The average Bonchev–Trinajstić information content (AvgIpc) is 2.41. The summed E-state index contributed by atoms with van der Waals surface area (Å²) >= 11 is 0. The van der Waals surface area contributed by atoms with Gasteiger partial charge in [0.1, 0.15) is 18.3 Å². The maximum atomic E-state index is 9.34. The molecule has 1 heterocycles. The first-order valence-corrected chi connectivity index (χ1v) is 4.05. The van der Waals surface area contributed by atoms with Gasteiger partial charge in [0, 0.05) is 0 Å². The van der Waals surface area contributed by atoms with Gasteiger partial charge in [0.25, 0.3) is 0 Å². The van der Waals surface area contributed by atoms with Crippen molar-refractivity contribution in [2.24, 2.45) is 0 Å². The minimum atomic E-state index is -1.11. The van der Waals surface area contributed by atoms with Gasteiger partial charge in [0.2, 0.25) is 0 Å². The predicted molar refractivity (Wildman–Crippen MR) is 43.9 cm³/mol. The summed E-state index contributed by atoms with van der Waals surface area (Å²) in [4.78, 5) is 0. The van der Waals surface area contributed by atoms with Gasteiger partial charge in [-0.05, 0) is 0 Å². The molecule has 0 spiro atoms. The molecule has 76 valence electrons. The lowest BCUT2D eigenvalue weighted by atomic mass is 10.1. The van der Waals surface area contributed by atoms with Crippen LogP contribution in [0.15, 0.2) is 12.7 Å². The zero-order chi connectivity index (χ0) is 9.84. The molecule has 0 bridgehead atoms. The molecule has 0 aromatic carbocycles. The minimum absolute atomic E-state index is 0.229. The number of ether oxygens (including phenoxy) is 2. The molecular formula is C8H14O5. The summed E-state index contributed by atoms with van der Waals surface area (Å²) in [5.41, 5.74) is 0. The van der Waals surface area contributed by atoms with Crippen molar-refractivity contribution in [3.63, 3.8) is 0 Å². The molecule has 0 aliphatic carbocycles. The van der Waals surface area contributed by atoms with E-state index in [1.165, 1.54) is 6.08 Å². The largest absolute Gasteiger partial charge is 0.394 e. The van der Waals surface area contributed by atoms with Crippen molar-refractivity contribution in [1.29, 1.82) is 0 Å². The first-order chi connectivity index (χ1) is 6.20. The lowest BCUT2D eigenvalue weighted by molar-refractivity contribution is -0.162. The van der Waals surface area contributed by atoms with E-state index in [4.69, 9.17) is 14.6 Å². The Balaban J connectivity index is 2.45. The summed E-state index contributed by atoms with van der Waals surface area (Å²) in [5.74, 6) is 0. The summed E-state index contributed by atoms with van der Waals surface area (Å²) in [5, 5.41) is 27.4. The fourth-order valence-electron chi connectivity index (χ4n) is 1.17. The van der Waals surface area contributed by atoms with Crippen molar-refractivity contribution in [2.75, 3.05) is 13.2 Å². The van der Waals surface area contributed by atoms with Gasteiger partial charge in [-0.3, -0.25) is 0 Å². The van der Waals surface area contributed by atoms with E-state index in [1.807, 2.05) is 0 Å². The average molecular weight is 190 g/mol. The van der Waals surface area contributed by atoms with Crippen LogP contribution in [0, 0.1) is 0 Å². The zero-order valence-electron chi connectivity index (χ0n) is 7.17. The lowest BCUT2D eigenvalue weighted by Crippen LogP contribution is -2.34. The molecule has 1 fully saturated rings. The second-order valence-electron chi connectivity index (χ2n) is 2.83. The molecule has 1 rings (SSSR count). The molecule has 1 saturated heterocycles. The van der Waals surface area contributed by atoms with Crippen molar-refractivity contribution in [2.45, 2.75) is 24.6 Å². The highest BCUT2D eigenvalue weighted by molar-refractivity contribution is 4.86. The highest BCUT2D eigenvalue weighted by Crippen LogP contribution is 2.21. The summed E-state index contributed by atoms with van der Waals surface area (Å²) in [6.45, 7) is 3.32. The van der Waals surface area contributed by atoms with Crippen LogP contribution in [0.2, 0.25) is 0 Å². The molecule has 4 atom stereocenters. The third kappa shape index (κ3) is 2.26. The predicted octanol–water partition coefficient (Wildman–Crippen LogP) is -1.37. The SMILES string of the molecule is C=CCOC1O[C@H](CO)[C@H](O)[C@H]1O. The van der Waals surface area contributed by atoms with Crippen LogP contribution < -0.4 is 0 Å². The standard InChI is InChI=1S/C8H14O5/c1-2-3-12-8-7(11)6(10)5(4-9)13-8/h2,5-11H,1,3-4H2/t5-,6+,7-,8?/m1/s1. The van der Waals surface area contributed by atoms with Crippen LogP contribution in [-0.2, 0) is 9.47 Å². The topological polar surface area (TPSA) is 79.2 Å². The smallest absolute Gasteiger partial charge is 0.187 e. The monoisotopic (exact) mass is 190 g/mol. The molecule has 1 unspecified atom stereocenters. The Bertz CT molecular complexity index is 172. The Morgan fingerprint density at radius 3 is 2.54 bits per heavy atom. The Hall–Kier alpha value is -0.460. The van der Waals surface area contributed by atoms with Gasteiger partial charge in [0.15, 0.2) is 6.29 Å². The molecule has 1 aliphatic rings. The molecule has 0 radical (unpaired) electrons. The summed E-state index contributed by atoms with van der Waals surface area (Å²) in [6.07, 6.45) is -2.36. The molecule has 1 aliphatic heterocycles. The Morgan fingerprint density at radius 1 is 1.38 bits per heavy atom. The van der Waals surface area contributed by atoms with Gasteiger partial charge in [-0.25, -0.2) is 0 Å². The molecule has 5 heteroatoms. The van der Waals surface area contributed by atoms with Crippen LogP contribution >= 0.6 is 0 Å². The second kappa shape index (κ2) is 4.69. The first-order valence-electron chi connectivity index (χ1n) is 4.05. The van der Waals surface area contributed by atoms with E-state index in [-0.39, 0.29) is 13.2 Å². The van der Waals surface area contributed by atoms with Gasteiger partial charge in [-0.1, -0.05) is 6.08 Å². The Kier molecular flexibility index (Phi) is 3.83.